The Morgan fingerprint density at radius 3 is 2.50 bits per heavy atom. The summed E-state index contributed by atoms with van der Waals surface area (Å²) in [6, 6.07) is 6.35. The van der Waals surface area contributed by atoms with Crippen LogP contribution in [0.25, 0.3) is 0 Å². The lowest BCUT2D eigenvalue weighted by molar-refractivity contribution is 0.102. The minimum absolute atomic E-state index is 0.141. The molecule has 9 heteroatoms. The van der Waals surface area contributed by atoms with Crippen molar-refractivity contribution in [3.05, 3.63) is 58.6 Å². The summed E-state index contributed by atoms with van der Waals surface area (Å²) in [5.74, 6) is -2.13. The molecule has 1 saturated carbocycles. The van der Waals surface area contributed by atoms with Gasteiger partial charge in [-0.3, -0.25) is 4.79 Å². The van der Waals surface area contributed by atoms with Crippen molar-refractivity contribution in [1.29, 1.82) is 0 Å². The zero-order valence-corrected chi connectivity index (χ0v) is 18.2. The van der Waals surface area contributed by atoms with Crippen molar-refractivity contribution >= 4 is 33.2 Å². The molecule has 0 aliphatic heterocycles. The monoisotopic (exact) mass is 456 g/mol. The second kappa shape index (κ2) is 8.99. The summed E-state index contributed by atoms with van der Waals surface area (Å²) in [6.45, 7) is 4.09. The van der Waals surface area contributed by atoms with E-state index in [2.05, 4.69) is 17.0 Å². The number of carbonyl (C=O) groups excluding carboxylic acids is 1. The molecule has 5 nitrogen and oxygen atoms in total. The number of halogens is 3. The molecule has 1 aliphatic rings. The van der Waals surface area contributed by atoms with E-state index in [-0.39, 0.29) is 27.6 Å². The Morgan fingerprint density at radius 1 is 1.07 bits per heavy atom. The van der Waals surface area contributed by atoms with Gasteiger partial charge in [0.1, 0.15) is 11.6 Å². The summed E-state index contributed by atoms with van der Waals surface area (Å²) in [5.41, 5.74) is -0.697. The van der Waals surface area contributed by atoms with Crippen molar-refractivity contribution in [3.8, 4) is 0 Å². The fraction of sp³-hybridized carbons (Fsp3) is 0.381. The molecule has 0 saturated heterocycles. The quantitative estimate of drug-likeness (QED) is 0.666. The molecule has 0 bridgehead atoms. The summed E-state index contributed by atoms with van der Waals surface area (Å²) in [6.07, 6.45) is 2.68. The van der Waals surface area contributed by atoms with Crippen LogP contribution in [0.4, 0.5) is 14.5 Å². The van der Waals surface area contributed by atoms with Gasteiger partial charge in [0.05, 0.1) is 16.1 Å². The maximum Gasteiger partial charge on any atom is 0.258 e. The van der Waals surface area contributed by atoms with Crippen molar-refractivity contribution < 1.29 is 22.0 Å². The predicted molar refractivity (Wildman–Crippen MR) is 112 cm³/mol. The van der Waals surface area contributed by atoms with Gasteiger partial charge < -0.3 is 5.32 Å². The standard InChI is InChI=1S/C21H23ClF2N2O3S/c1-12-4-3-5-19(13(12)2)26-30(28,29)15-7-8-17(23)16(11-15)21(27)25-20-9-6-14(22)10-18(20)24/h6-13,19,26H,3-5H2,1-2H3,(H,25,27)/t12-,13+,19+/m1/s1. The van der Waals surface area contributed by atoms with E-state index >= 15 is 0 Å². The number of carbonyl (C=O) groups is 1. The van der Waals surface area contributed by atoms with E-state index in [1.165, 1.54) is 12.1 Å². The number of benzene rings is 2. The molecular weight excluding hydrogens is 434 g/mol. The normalized spacial score (nSPS) is 22.0. The molecular formula is C21H23ClF2N2O3S. The minimum Gasteiger partial charge on any atom is -0.319 e. The van der Waals surface area contributed by atoms with Crippen LogP contribution in [0.15, 0.2) is 41.3 Å². The molecule has 1 amide bonds. The van der Waals surface area contributed by atoms with Gasteiger partial charge in [-0.05, 0) is 54.7 Å². The number of hydrogen-bond acceptors (Lipinski definition) is 3. The molecule has 0 heterocycles. The topological polar surface area (TPSA) is 75.3 Å². The minimum atomic E-state index is -3.96. The maximum absolute atomic E-state index is 14.3. The maximum atomic E-state index is 14.3. The van der Waals surface area contributed by atoms with Gasteiger partial charge in [-0.2, -0.15) is 0 Å². The summed E-state index contributed by atoms with van der Waals surface area (Å²) >= 11 is 5.68. The first kappa shape index (κ1) is 22.7. The highest BCUT2D eigenvalue weighted by Gasteiger charge is 2.31. The molecule has 1 fully saturated rings. The zero-order chi connectivity index (χ0) is 22.1. The van der Waals surface area contributed by atoms with Gasteiger partial charge in [0.15, 0.2) is 0 Å². The zero-order valence-electron chi connectivity index (χ0n) is 16.6. The molecule has 30 heavy (non-hydrogen) atoms. The van der Waals surface area contributed by atoms with Gasteiger partial charge in [-0.1, -0.05) is 38.3 Å². The van der Waals surface area contributed by atoms with E-state index in [1.54, 1.807) is 0 Å². The van der Waals surface area contributed by atoms with Gasteiger partial charge in [0.25, 0.3) is 5.91 Å². The lowest BCUT2D eigenvalue weighted by Crippen LogP contribution is -2.43. The van der Waals surface area contributed by atoms with Crippen molar-refractivity contribution in [1.82, 2.24) is 4.72 Å². The van der Waals surface area contributed by atoms with Gasteiger partial charge in [0, 0.05) is 11.1 Å². The Labute approximate surface area is 179 Å². The van der Waals surface area contributed by atoms with E-state index in [0.29, 0.717) is 5.92 Å². The van der Waals surface area contributed by atoms with Gasteiger partial charge in [-0.25, -0.2) is 21.9 Å². The lowest BCUT2D eigenvalue weighted by Gasteiger charge is -2.34. The van der Waals surface area contributed by atoms with Crippen molar-refractivity contribution in [2.75, 3.05) is 5.32 Å². The lowest BCUT2D eigenvalue weighted by atomic mass is 9.78. The molecule has 3 atom stereocenters. The average Bonchev–Trinajstić information content (AvgIpc) is 2.67. The SMILES string of the molecule is C[C@H]1[C@H](C)CCC[C@@H]1NS(=O)(=O)c1ccc(F)c(C(=O)Nc2ccc(Cl)cc2F)c1. The molecule has 2 aromatic carbocycles. The Balaban J connectivity index is 1.84. The Morgan fingerprint density at radius 2 is 1.80 bits per heavy atom. The van der Waals surface area contributed by atoms with Gasteiger partial charge >= 0.3 is 0 Å². The fourth-order valence-corrected chi connectivity index (χ4v) is 5.19. The molecule has 0 aromatic heterocycles. The van der Waals surface area contributed by atoms with Gasteiger partial charge in [-0.15, -0.1) is 0 Å². The van der Waals surface area contributed by atoms with Crippen molar-refractivity contribution in [2.24, 2.45) is 11.8 Å². The second-order valence-corrected chi connectivity index (χ2v) is 9.87. The first-order valence-corrected chi connectivity index (χ1v) is 11.5. The molecule has 2 aromatic rings. The van der Waals surface area contributed by atoms with Crippen LogP contribution >= 0.6 is 11.6 Å². The molecule has 0 unspecified atom stereocenters. The highest BCUT2D eigenvalue weighted by Crippen LogP contribution is 2.30. The predicted octanol–water partition coefficient (Wildman–Crippen LogP) is 4.97. The number of amides is 1. The number of anilines is 1. The van der Waals surface area contributed by atoms with Crippen molar-refractivity contribution in [2.45, 2.75) is 44.0 Å². The summed E-state index contributed by atoms with van der Waals surface area (Å²) in [5, 5.41) is 2.38. The van der Waals surface area contributed by atoms with E-state index in [9.17, 15) is 22.0 Å². The first-order chi connectivity index (χ1) is 14.1. The van der Waals surface area contributed by atoms with Gasteiger partial charge in [0.2, 0.25) is 10.0 Å². The van der Waals surface area contributed by atoms with Crippen LogP contribution < -0.4 is 10.0 Å². The fourth-order valence-electron chi connectivity index (χ4n) is 3.64. The second-order valence-electron chi connectivity index (χ2n) is 7.72. The molecule has 0 spiro atoms. The first-order valence-electron chi connectivity index (χ1n) is 9.67. The van der Waals surface area contributed by atoms with E-state index in [4.69, 9.17) is 11.6 Å². The largest absolute Gasteiger partial charge is 0.319 e. The average molecular weight is 457 g/mol. The third-order valence-electron chi connectivity index (χ3n) is 5.69. The highest BCUT2D eigenvalue weighted by atomic mass is 35.5. The van der Waals surface area contributed by atoms with Crippen LogP contribution in [0.5, 0.6) is 0 Å². The number of hydrogen-bond donors (Lipinski definition) is 2. The summed E-state index contributed by atoms with van der Waals surface area (Å²) < 4.78 is 56.6. The molecule has 1 aliphatic carbocycles. The number of rotatable bonds is 5. The smallest absolute Gasteiger partial charge is 0.258 e. The third kappa shape index (κ3) is 4.99. The van der Waals surface area contributed by atoms with Crippen LogP contribution in [0.2, 0.25) is 5.02 Å². The van der Waals surface area contributed by atoms with Crippen LogP contribution in [0.1, 0.15) is 43.5 Å². The molecule has 0 radical (unpaired) electrons. The Hall–Kier alpha value is -2.03. The highest BCUT2D eigenvalue weighted by molar-refractivity contribution is 7.89. The van der Waals surface area contributed by atoms with Crippen LogP contribution in [0, 0.1) is 23.5 Å². The number of nitrogens with one attached hydrogen (secondary N) is 2. The van der Waals surface area contributed by atoms with E-state index < -0.39 is 33.1 Å². The molecule has 2 N–H and O–H groups in total. The molecule has 162 valence electrons. The van der Waals surface area contributed by atoms with E-state index in [0.717, 1.165) is 43.5 Å². The van der Waals surface area contributed by atoms with Crippen molar-refractivity contribution in [3.63, 3.8) is 0 Å². The van der Waals surface area contributed by atoms with Crippen LogP contribution in [0.3, 0.4) is 0 Å². The van der Waals surface area contributed by atoms with Crippen LogP contribution in [-0.4, -0.2) is 20.4 Å². The Bertz CT molecular complexity index is 1060. The summed E-state index contributed by atoms with van der Waals surface area (Å²) in [7, 11) is -3.96. The number of sulfonamides is 1. The van der Waals surface area contributed by atoms with Crippen LogP contribution in [-0.2, 0) is 10.0 Å². The third-order valence-corrected chi connectivity index (χ3v) is 7.41. The molecule has 3 rings (SSSR count). The Kier molecular flexibility index (Phi) is 6.79. The van der Waals surface area contributed by atoms with E-state index in [1.807, 2.05) is 6.92 Å². The summed E-state index contributed by atoms with van der Waals surface area (Å²) in [4.78, 5) is 12.2.